The lowest BCUT2D eigenvalue weighted by atomic mass is 9.88. The molecule has 0 aliphatic rings. The first kappa shape index (κ1) is 32.2. The second-order valence-electron chi connectivity index (χ2n) is 12.4. The van der Waals surface area contributed by atoms with Crippen molar-refractivity contribution < 1.29 is 9.53 Å². The summed E-state index contributed by atoms with van der Waals surface area (Å²) in [6, 6.07) is 30.9. The molecule has 0 radical (unpaired) electrons. The largest absolute Gasteiger partial charge is 0.489 e. The lowest BCUT2D eigenvalue weighted by molar-refractivity contribution is 0.256. The van der Waals surface area contributed by atoms with E-state index < -0.39 is 6.03 Å². The van der Waals surface area contributed by atoms with Crippen LogP contribution < -0.4 is 20.5 Å². The van der Waals surface area contributed by atoms with E-state index in [-0.39, 0.29) is 29.6 Å². The van der Waals surface area contributed by atoms with Gasteiger partial charge in [-0.3, -0.25) is 14.7 Å². The number of carbonyl (C=O) groups excluding carboxylic acids is 1. The molecule has 3 aromatic heterocycles. The quantitative estimate of drug-likeness (QED) is 0.156. The zero-order valence-electron chi connectivity index (χ0n) is 27.6. The third-order valence-corrected chi connectivity index (χ3v) is 8.31. The van der Waals surface area contributed by atoms with E-state index in [1.54, 1.807) is 30.7 Å². The van der Waals surface area contributed by atoms with E-state index in [0.29, 0.717) is 12.3 Å². The normalized spacial score (nSPS) is 11.2. The van der Waals surface area contributed by atoms with E-state index in [1.165, 1.54) is 4.90 Å². The highest BCUT2D eigenvalue weighted by molar-refractivity contribution is 6.03. The third kappa shape index (κ3) is 7.28. The summed E-state index contributed by atoms with van der Waals surface area (Å²) in [4.78, 5) is 40.5. The van der Waals surface area contributed by atoms with Gasteiger partial charge in [0.05, 0.1) is 6.54 Å². The number of carbonyl (C=O) groups is 1. The van der Waals surface area contributed by atoms with E-state index in [2.05, 4.69) is 66.2 Å². The Hall–Kier alpha value is -5.76. The molecular formula is C40H39N5O3. The summed E-state index contributed by atoms with van der Waals surface area (Å²) >= 11 is 0. The van der Waals surface area contributed by atoms with E-state index in [9.17, 15) is 9.59 Å². The van der Waals surface area contributed by atoms with E-state index >= 15 is 0 Å². The minimum atomic E-state index is -0.393. The molecular weight excluding hydrogens is 598 g/mol. The number of urea groups is 1. The van der Waals surface area contributed by atoms with Crippen molar-refractivity contribution in [1.82, 2.24) is 15.0 Å². The smallest absolute Gasteiger partial charge is 0.326 e. The Bertz CT molecular complexity index is 2060. The number of anilines is 2. The first-order valence-corrected chi connectivity index (χ1v) is 16.2. The zero-order chi connectivity index (χ0) is 33.6. The fourth-order valence-corrected chi connectivity index (χ4v) is 5.75. The minimum absolute atomic E-state index is 0.0987. The van der Waals surface area contributed by atoms with Crippen LogP contribution >= 0.6 is 0 Å². The van der Waals surface area contributed by atoms with Crippen LogP contribution in [0, 0.1) is 0 Å². The molecule has 48 heavy (non-hydrogen) atoms. The summed E-state index contributed by atoms with van der Waals surface area (Å²) in [6.07, 6.45) is 5.14. The van der Waals surface area contributed by atoms with Crippen LogP contribution in [-0.4, -0.2) is 21.0 Å². The van der Waals surface area contributed by atoms with Gasteiger partial charge in [-0.2, -0.15) is 0 Å². The predicted octanol–water partition coefficient (Wildman–Crippen LogP) is 9.05. The number of aromatic amines is 1. The van der Waals surface area contributed by atoms with Crippen molar-refractivity contribution in [2.24, 2.45) is 0 Å². The topological polar surface area (TPSA) is 100 Å². The van der Waals surface area contributed by atoms with Crippen LogP contribution in [0.15, 0.2) is 120 Å². The average molecular weight is 638 g/mol. The molecule has 8 nitrogen and oxygen atoms in total. The summed E-state index contributed by atoms with van der Waals surface area (Å²) in [5.74, 6) is 0.967. The molecule has 2 N–H and O–H groups in total. The molecule has 0 aliphatic carbocycles. The van der Waals surface area contributed by atoms with Gasteiger partial charge in [-0.15, -0.1) is 0 Å². The number of aromatic nitrogens is 3. The van der Waals surface area contributed by atoms with Gasteiger partial charge in [-0.25, -0.2) is 9.78 Å². The van der Waals surface area contributed by atoms with Crippen LogP contribution in [0.5, 0.6) is 5.75 Å². The van der Waals surface area contributed by atoms with Gasteiger partial charge in [0.2, 0.25) is 0 Å². The van der Waals surface area contributed by atoms with Crippen LogP contribution in [0.4, 0.5) is 16.2 Å². The third-order valence-electron chi connectivity index (χ3n) is 8.31. The van der Waals surface area contributed by atoms with Gasteiger partial charge in [0, 0.05) is 29.7 Å². The summed E-state index contributed by atoms with van der Waals surface area (Å²) in [5, 5.41) is 3.99. The molecule has 0 aliphatic heterocycles. The van der Waals surface area contributed by atoms with Crippen LogP contribution in [0.1, 0.15) is 61.8 Å². The van der Waals surface area contributed by atoms with Gasteiger partial charge in [0.25, 0.3) is 5.56 Å². The highest BCUT2D eigenvalue weighted by atomic mass is 16.5. The molecule has 3 aromatic carbocycles. The molecule has 8 heteroatoms. The number of amides is 2. The Kier molecular flexibility index (Phi) is 9.62. The molecule has 0 fully saturated rings. The predicted molar refractivity (Wildman–Crippen MR) is 193 cm³/mol. The number of ether oxygens (including phenoxy) is 1. The maximum absolute atomic E-state index is 14.4. The van der Waals surface area contributed by atoms with Gasteiger partial charge < -0.3 is 15.0 Å². The highest BCUT2D eigenvalue weighted by Crippen LogP contribution is 2.38. The number of nitrogens with zero attached hydrogens (tertiary/aromatic N) is 3. The number of rotatable bonds is 10. The van der Waals surface area contributed by atoms with Crippen LogP contribution in [0.25, 0.3) is 22.2 Å². The number of benzene rings is 3. The first-order valence-electron chi connectivity index (χ1n) is 16.2. The number of hydrogen-bond donors (Lipinski definition) is 2. The Labute approximate surface area is 280 Å². The zero-order valence-corrected chi connectivity index (χ0v) is 27.6. The van der Waals surface area contributed by atoms with Crippen molar-refractivity contribution in [2.75, 3.05) is 10.2 Å². The van der Waals surface area contributed by atoms with Crippen molar-refractivity contribution in [1.29, 1.82) is 0 Å². The summed E-state index contributed by atoms with van der Waals surface area (Å²) in [6.45, 7) is 9.14. The Balaban J connectivity index is 1.37. The number of hydrogen-bond acceptors (Lipinski definition) is 5. The number of pyridine rings is 3. The van der Waals surface area contributed by atoms with Crippen LogP contribution in [0.3, 0.4) is 0 Å². The Morgan fingerprint density at radius 3 is 2.23 bits per heavy atom. The maximum Gasteiger partial charge on any atom is 0.326 e. The molecule has 2 amide bonds. The van der Waals surface area contributed by atoms with Gasteiger partial charge in [-0.05, 0) is 99.8 Å². The summed E-state index contributed by atoms with van der Waals surface area (Å²) in [7, 11) is 0. The molecule has 6 rings (SSSR count). The fraction of sp³-hybridized carbons (Fsp3) is 0.200. The molecule has 0 spiro atoms. The second-order valence-corrected chi connectivity index (χ2v) is 12.4. The molecule has 3 heterocycles. The van der Waals surface area contributed by atoms with E-state index in [4.69, 9.17) is 4.74 Å². The van der Waals surface area contributed by atoms with Gasteiger partial charge in [-0.1, -0.05) is 70.2 Å². The maximum atomic E-state index is 14.4. The van der Waals surface area contributed by atoms with Crippen molar-refractivity contribution in [3.05, 3.63) is 148 Å². The van der Waals surface area contributed by atoms with Crippen LogP contribution in [0.2, 0.25) is 0 Å². The van der Waals surface area contributed by atoms with Gasteiger partial charge >= 0.3 is 6.03 Å². The molecule has 0 unspecified atom stereocenters. The Morgan fingerprint density at radius 2 is 1.52 bits per heavy atom. The van der Waals surface area contributed by atoms with Crippen molar-refractivity contribution in [3.63, 3.8) is 0 Å². The number of fused-ring (bicyclic) bond motifs is 1. The molecule has 242 valence electrons. The van der Waals surface area contributed by atoms with Gasteiger partial charge in [0.1, 0.15) is 23.7 Å². The van der Waals surface area contributed by atoms with Crippen LogP contribution in [-0.2, 0) is 13.2 Å². The van der Waals surface area contributed by atoms with Crippen molar-refractivity contribution in [2.45, 2.75) is 52.7 Å². The van der Waals surface area contributed by atoms with Crippen molar-refractivity contribution in [3.8, 4) is 16.9 Å². The first-order chi connectivity index (χ1) is 23.3. The molecule has 0 atom stereocenters. The molecule has 0 saturated heterocycles. The monoisotopic (exact) mass is 637 g/mol. The molecule has 0 saturated carbocycles. The van der Waals surface area contributed by atoms with Crippen molar-refractivity contribution >= 4 is 28.4 Å². The standard InChI is InChI=1S/C40H39N5O3/c1-26(2)34-21-32(30-12-8-14-33(20-30)48-25-29-15-18-41-19-16-29)22-35(27(3)4)37(34)43-40(47)45(24-28-10-6-5-7-11-28)36-23-31-13-9-17-42-38(31)44-39(36)46/h5-23,26-27H,24-25H2,1-4H3,(H,43,47)(H,42,44,46). The Morgan fingerprint density at radius 1 is 0.792 bits per heavy atom. The summed E-state index contributed by atoms with van der Waals surface area (Å²) < 4.78 is 6.12. The molecule has 6 aromatic rings. The number of nitrogens with one attached hydrogen (secondary N) is 2. The lowest BCUT2D eigenvalue weighted by Crippen LogP contribution is -2.38. The minimum Gasteiger partial charge on any atom is -0.489 e. The average Bonchev–Trinajstić information content (AvgIpc) is 3.10. The SMILES string of the molecule is CC(C)c1cc(-c2cccc(OCc3ccncc3)c2)cc(C(C)C)c1NC(=O)N(Cc1ccccc1)c1cc2cccnc2[nH]c1=O. The number of H-pyrrole nitrogens is 1. The van der Waals surface area contributed by atoms with E-state index in [0.717, 1.165) is 50.2 Å². The highest BCUT2D eigenvalue weighted by Gasteiger charge is 2.24. The van der Waals surface area contributed by atoms with Gasteiger partial charge in [0.15, 0.2) is 0 Å². The second kappa shape index (κ2) is 14.3. The van der Waals surface area contributed by atoms with E-state index in [1.807, 2.05) is 66.7 Å². The summed E-state index contributed by atoms with van der Waals surface area (Å²) in [5.41, 5.74) is 7.09. The molecule has 0 bridgehead atoms. The lowest BCUT2D eigenvalue weighted by Gasteiger charge is -2.27. The fourth-order valence-electron chi connectivity index (χ4n) is 5.75.